The molecule has 6 nitrogen and oxygen atoms in total. The molecule has 1 atom stereocenters. The number of esters is 3. The minimum Gasteiger partial charge on any atom is -0.462 e. The fourth-order valence-electron chi connectivity index (χ4n) is 8.74. The predicted octanol–water partition coefficient (Wildman–Crippen LogP) is 23.4. The first kappa shape index (κ1) is 77.8. The zero-order chi connectivity index (χ0) is 59.9. The van der Waals surface area contributed by atoms with Crippen molar-refractivity contribution in [3.63, 3.8) is 0 Å². The Morgan fingerprint density at radius 3 is 0.783 bits per heavy atom. The van der Waals surface area contributed by atoms with Crippen molar-refractivity contribution in [2.45, 2.75) is 284 Å². The summed E-state index contributed by atoms with van der Waals surface area (Å²) < 4.78 is 16.9. The second-order valence-electron chi connectivity index (χ2n) is 21.6. The van der Waals surface area contributed by atoms with E-state index < -0.39 is 12.1 Å². The summed E-state index contributed by atoms with van der Waals surface area (Å²) >= 11 is 0. The fraction of sp³-hybridized carbons (Fsp3) is 0.597. The summed E-state index contributed by atoms with van der Waals surface area (Å²) in [6.07, 6.45) is 102. The molecule has 0 aromatic heterocycles. The number of carbonyl (C=O) groups excluding carboxylic acids is 3. The molecule has 0 N–H and O–H groups in total. The maximum Gasteiger partial charge on any atom is 0.306 e. The van der Waals surface area contributed by atoms with Crippen molar-refractivity contribution < 1.29 is 28.6 Å². The molecule has 0 aliphatic rings. The van der Waals surface area contributed by atoms with E-state index in [9.17, 15) is 14.4 Å². The van der Waals surface area contributed by atoms with Crippen LogP contribution in [0.4, 0.5) is 0 Å². The van der Waals surface area contributed by atoms with Gasteiger partial charge in [-0.25, -0.2) is 0 Å². The highest BCUT2D eigenvalue weighted by molar-refractivity contribution is 5.71. The van der Waals surface area contributed by atoms with E-state index in [-0.39, 0.29) is 31.6 Å². The Morgan fingerprint density at radius 2 is 0.494 bits per heavy atom. The lowest BCUT2D eigenvalue weighted by molar-refractivity contribution is -0.166. The molecule has 0 aliphatic carbocycles. The van der Waals surface area contributed by atoms with Crippen molar-refractivity contribution in [3.05, 3.63) is 170 Å². The summed E-state index contributed by atoms with van der Waals surface area (Å²) in [4.78, 5) is 38.4. The van der Waals surface area contributed by atoms with Crippen molar-refractivity contribution in [3.8, 4) is 0 Å². The fourth-order valence-corrected chi connectivity index (χ4v) is 8.74. The summed E-state index contributed by atoms with van der Waals surface area (Å²) in [6, 6.07) is 0. The van der Waals surface area contributed by atoms with Gasteiger partial charge in [-0.15, -0.1) is 0 Å². The Kier molecular flexibility index (Phi) is 64.9. The van der Waals surface area contributed by atoms with E-state index in [1.54, 1.807) is 0 Å². The SMILES string of the molecule is CC/C=C\C/C=C\C/C=C\C/C=C\C/C=C\C/C=C\CCCCCCCCCCCCC(=O)OCC(COC(=O)CCCCCCCCC/C=C\C/C=C\CCCCC)OC(=O)CC/C=C\C/C=C\C/C=C\C/C=C\C/C=C\C/C=C\CC. The van der Waals surface area contributed by atoms with E-state index >= 15 is 0 Å². The first-order valence-corrected chi connectivity index (χ1v) is 33.6. The molecule has 1 unspecified atom stereocenters. The minimum atomic E-state index is -0.834. The molecule has 83 heavy (non-hydrogen) atoms. The second kappa shape index (κ2) is 69.3. The number of carbonyl (C=O) groups is 3. The standard InChI is InChI=1S/C77H122O6/c1-4-7-10-13-16-19-22-25-28-31-33-34-35-36-37-38-39-40-41-42-44-46-49-52-55-58-61-64-67-70-76(79)82-73-74(72-81-75(78)69-66-63-60-57-54-51-48-45-30-27-24-21-18-15-12-9-6-3)83-77(80)71-68-65-62-59-56-53-50-47-43-32-29-26-23-20-17-14-11-8-5-2/h7-8,10-11,16-21,25-30,33-34,36-37,39-40,43,47,53,56,62,65,74H,4-6,9,12-15,22-24,31-32,35,38,41-42,44-46,48-52,54-55,57-61,63-64,66-73H2,1-3H3/b10-7-,11-8-,19-16-,20-17-,21-18-,28-25-,29-26-,30-27-,34-33-,37-36-,40-39-,47-43-,56-53-,65-62-. The van der Waals surface area contributed by atoms with Gasteiger partial charge in [0.25, 0.3) is 0 Å². The van der Waals surface area contributed by atoms with E-state index in [1.165, 1.54) is 96.3 Å². The number of unbranched alkanes of at least 4 members (excludes halogenated alkanes) is 20. The van der Waals surface area contributed by atoms with Gasteiger partial charge >= 0.3 is 17.9 Å². The van der Waals surface area contributed by atoms with Gasteiger partial charge in [0.05, 0.1) is 0 Å². The Morgan fingerprint density at radius 1 is 0.253 bits per heavy atom. The van der Waals surface area contributed by atoms with Crippen LogP contribution in [0, 0.1) is 0 Å². The maximum atomic E-state index is 12.9. The van der Waals surface area contributed by atoms with Crippen LogP contribution in [0.15, 0.2) is 170 Å². The Bertz CT molecular complexity index is 1890. The third-order valence-corrected chi connectivity index (χ3v) is 13.7. The van der Waals surface area contributed by atoms with E-state index in [0.29, 0.717) is 19.3 Å². The predicted molar refractivity (Wildman–Crippen MR) is 361 cm³/mol. The van der Waals surface area contributed by atoms with Gasteiger partial charge in [-0.05, 0) is 141 Å². The summed E-state index contributed by atoms with van der Waals surface area (Å²) in [5.41, 5.74) is 0. The van der Waals surface area contributed by atoms with Gasteiger partial charge in [-0.2, -0.15) is 0 Å². The number of ether oxygens (including phenoxy) is 3. The summed E-state index contributed by atoms with van der Waals surface area (Å²) in [5.74, 6) is -1.02. The molecular weight excluding hydrogens is 1020 g/mol. The monoisotopic (exact) mass is 1140 g/mol. The van der Waals surface area contributed by atoms with Crippen LogP contribution in [0.5, 0.6) is 0 Å². The largest absolute Gasteiger partial charge is 0.462 e. The van der Waals surface area contributed by atoms with E-state index in [0.717, 1.165) is 135 Å². The first-order valence-electron chi connectivity index (χ1n) is 33.6. The van der Waals surface area contributed by atoms with Crippen LogP contribution in [0.25, 0.3) is 0 Å². The highest BCUT2D eigenvalue weighted by Crippen LogP contribution is 2.15. The van der Waals surface area contributed by atoms with Crippen molar-refractivity contribution in [1.82, 2.24) is 0 Å². The number of allylic oxidation sites excluding steroid dienone is 28. The molecule has 0 spiro atoms. The molecule has 0 amide bonds. The molecule has 0 aromatic carbocycles. The molecule has 0 bridgehead atoms. The molecule has 0 aromatic rings. The number of rotatable bonds is 59. The van der Waals surface area contributed by atoms with Crippen LogP contribution in [0.2, 0.25) is 0 Å². The highest BCUT2D eigenvalue weighted by atomic mass is 16.6. The smallest absolute Gasteiger partial charge is 0.306 e. The molecule has 0 aliphatic heterocycles. The lowest BCUT2D eigenvalue weighted by atomic mass is 10.1. The van der Waals surface area contributed by atoms with Gasteiger partial charge in [0.2, 0.25) is 0 Å². The van der Waals surface area contributed by atoms with Gasteiger partial charge in [-0.1, -0.05) is 287 Å². The second-order valence-corrected chi connectivity index (χ2v) is 21.6. The average molecular weight is 1140 g/mol. The average Bonchev–Trinajstić information content (AvgIpc) is 3.49. The van der Waals surface area contributed by atoms with E-state index in [1.807, 2.05) is 6.08 Å². The van der Waals surface area contributed by atoms with Crippen LogP contribution in [0.3, 0.4) is 0 Å². The summed E-state index contributed by atoms with van der Waals surface area (Å²) in [6.45, 7) is 6.32. The van der Waals surface area contributed by atoms with Crippen LogP contribution in [0.1, 0.15) is 278 Å². The third kappa shape index (κ3) is 67.4. The molecule has 0 saturated heterocycles. The van der Waals surface area contributed by atoms with E-state index in [2.05, 4.69) is 185 Å². The highest BCUT2D eigenvalue weighted by Gasteiger charge is 2.19. The molecular formula is C77H122O6. The molecule has 466 valence electrons. The van der Waals surface area contributed by atoms with Crippen molar-refractivity contribution in [1.29, 1.82) is 0 Å². The number of hydrogen-bond donors (Lipinski definition) is 0. The van der Waals surface area contributed by atoms with Gasteiger partial charge in [-0.3, -0.25) is 14.4 Å². The van der Waals surface area contributed by atoms with Crippen LogP contribution < -0.4 is 0 Å². The minimum absolute atomic E-state index is 0.120. The Labute approximate surface area is 511 Å². The van der Waals surface area contributed by atoms with Crippen LogP contribution in [-0.4, -0.2) is 37.2 Å². The van der Waals surface area contributed by atoms with Gasteiger partial charge < -0.3 is 14.2 Å². The zero-order valence-corrected chi connectivity index (χ0v) is 53.4. The third-order valence-electron chi connectivity index (χ3n) is 13.7. The molecule has 0 rings (SSSR count). The number of hydrogen-bond acceptors (Lipinski definition) is 6. The molecule has 0 saturated carbocycles. The molecule has 0 radical (unpaired) electrons. The molecule has 0 fully saturated rings. The molecule has 6 heteroatoms. The Balaban J connectivity index is 4.46. The van der Waals surface area contributed by atoms with Crippen LogP contribution in [-0.2, 0) is 28.6 Å². The lowest BCUT2D eigenvalue weighted by Crippen LogP contribution is -2.30. The van der Waals surface area contributed by atoms with Crippen molar-refractivity contribution in [2.75, 3.05) is 13.2 Å². The van der Waals surface area contributed by atoms with Gasteiger partial charge in [0, 0.05) is 19.3 Å². The lowest BCUT2D eigenvalue weighted by Gasteiger charge is -2.18. The summed E-state index contributed by atoms with van der Waals surface area (Å²) in [7, 11) is 0. The summed E-state index contributed by atoms with van der Waals surface area (Å²) in [5, 5.41) is 0. The quantitative estimate of drug-likeness (QED) is 0.0261. The topological polar surface area (TPSA) is 78.9 Å². The Hall–Kier alpha value is -5.23. The van der Waals surface area contributed by atoms with Gasteiger partial charge in [0.15, 0.2) is 6.10 Å². The van der Waals surface area contributed by atoms with Crippen molar-refractivity contribution in [2.24, 2.45) is 0 Å². The van der Waals surface area contributed by atoms with Gasteiger partial charge in [0.1, 0.15) is 13.2 Å². The van der Waals surface area contributed by atoms with E-state index in [4.69, 9.17) is 14.2 Å². The maximum absolute atomic E-state index is 12.9. The molecule has 0 heterocycles. The van der Waals surface area contributed by atoms with Crippen molar-refractivity contribution >= 4 is 17.9 Å². The normalized spacial score (nSPS) is 13.2. The zero-order valence-electron chi connectivity index (χ0n) is 53.4. The van der Waals surface area contributed by atoms with Crippen LogP contribution >= 0.6 is 0 Å². The first-order chi connectivity index (χ1) is 41.0.